The Labute approximate surface area is 98.2 Å². The monoisotopic (exact) mass is 222 g/mol. The quantitative estimate of drug-likeness (QED) is 0.798. The average Bonchev–Trinajstić information content (AvgIpc) is 2.27. The number of hydrogen-bond acceptors (Lipinski definition) is 3. The maximum absolute atomic E-state index is 5.74. The van der Waals surface area contributed by atoms with E-state index in [4.69, 9.17) is 10.5 Å². The Morgan fingerprint density at radius 3 is 2.69 bits per heavy atom. The van der Waals surface area contributed by atoms with Crippen LogP contribution in [-0.2, 0) is 6.54 Å². The van der Waals surface area contributed by atoms with Gasteiger partial charge in [0.05, 0.1) is 7.11 Å². The van der Waals surface area contributed by atoms with Crippen LogP contribution in [-0.4, -0.2) is 31.6 Å². The molecule has 0 saturated heterocycles. The van der Waals surface area contributed by atoms with Crippen LogP contribution in [0.2, 0.25) is 0 Å². The minimum absolute atomic E-state index is 0.264. The molecule has 0 aliphatic rings. The molecule has 1 atom stereocenters. The number of ether oxygens (including phenoxy) is 1. The molecule has 0 saturated carbocycles. The third-order valence-electron chi connectivity index (χ3n) is 2.60. The maximum Gasteiger partial charge on any atom is 0.123 e. The van der Waals surface area contributed by atoms with Gasteiger partial charge in [-0.3, -0.25) is 0 Å². The van der Waals surface area contributed by atoms with E-state index in [2.05, 4.69) is 18.0 Å². The molecule has 1 unspecified atom stereocenters. The van der Waals surface area contributed by atoms with Crippen molar-refractivity contribution in [1.29, 1.82) is 0 Å². The van der Waals surface area contributed by atoms with Gasteiger partial charge in [0.15, 0.2) is 0 Å². The van der Waals surface area contributed by atoms with Crippen molar-refractivity contribution in [3.63, 3.8) is 0 Å². The fourth-order valence-corrected chi connectivity index (χ4v) is 1.63. The lowest BCUT2D eigenvalue weighted by Gasteiger charge is -2.19. The first-order valence-electron chi connectivity index (χ1n) is 5.69. The van der Waals surface area contributed by atoms with Crippen molar-refractivity contribution >= 4 is 0 Å². The highest BCUT2D eigenvalue weighted by Gasteiger charge is 2.06. The summed E-state index contributed by atoms with van der Waals surface area (Å²) >= 11 is 0. The van der Waals surface area contributed by atoms with Crippen molar-refractivity contribution in [1.82, 2.24) is 4.90 Å². The van der Waals surface area contributed by atoms with Gasteiger partial charge in [-0.05, 0) is 33.0 Å². The normalized spacial score (nSPS) is 12.8. The molecule has 16 heavy (non-hydrogen) atoms. The molecule has 0 aliphatic carbocycles. The summed E-state index contributed by atoms with van der Waals surface area (Å²) in [6.07, 6.45) is 1.02. The van der Waals surface area contributed by atoms with Crippen LogP contribution >= 0.6 is 0 Å². The highest BCUT2D eigenvalue weighted by atomic mass is 16.5. The topological polar surface area (TPSA) is 38.5 Å². The zero-order valence-corrected chi connectivity index (χ0v) is 10.4. The van der Waals surface area contributed by atoms with Crippen LogP contribution in [0.5, 0.6) is 5.75 Å². The molecule has 0 fully saturated rings. The zero-order valence-electron chi connectivity index (χ0n) is 10.4. The first kappa shape index (κ1) is 13.0. The molecular weight excluding hydrogens is 200 g/mol. The van der Waals surface area contributed by atoms with E-state index < -0.39 is 0 Å². The molecule has 2 N–H and O–H groups in total. The molecule has 3 heteroatoms. The van der Waals surface area contributed by atoms with Crippen molar-refractivity contribution < 1.29 is 4.74 Å². The molecule has 0 heterocycles. The molecule has 1 rings (SSSR count). The van der Waals surface area contributed by atoms with Crippen molar-refractivity contribution in [2.45, 2.75) is 25.9 Å². The lowest BCUT2D eigenvalue weighted by Crippen LogP contribution is -2.25. The molecule has 0 radical (unpaired) electrons. The summed E-state index contributed by atoms with van der Waals surface area (Å²) in [5.41, 5.74) is 6.96. The molecule has 0 bridgehead atoms. The van der Waals surface area contributed by atoms with Crippen LogP contribution in [0.3, 0.4) is 0 Å². The van der Waals surface area contributed by atoms with Crippen LogP contribution in [0.1, 0.15) is 18.9 Å². The van der Waals surface area contributed by atoms with E-state index in [9.17, 15) is 0 Å². The van der Waals surface area contributed by atoms with E-state index in [0.29, 0.717) is 0 Å². The first-order chi connectivity index (χ1) is 7.63. The average molecular weight is 222 g/mol. The second-order valence-electron chi connectivity index (χ2n) is 4.32. The van der Waals surface area contributed by atoms with Crippen LogP contribution < -0.4 is 10.5 Å². The Balaban J connectivity index is 2.51. The summed E-state index contributed by atoms with van der Waals surface area (Å²) in [6.45, 7) is 3.95. The van der Waals surface area contributed by atoms with E-state index >= 15 is 0 Å². The third kappa shape index (κ3) is 4.21. The van der Waals surface area contributed by atoms with E-state index in [0.717, 1.165) is 25.3 Å². The molecule has 0 aromatic heterocycles. The molecule has 1 aromatic carbocycles. The minimum atomic E-state index is 0.264. The molecular formula is C13H22N2O. The van der Waals surface area contributed by atoms with Crippen molar-refractivity contribution in [3.05, 3.63) is 29.8 Å². The molecule has 3 nitrogen and oxygen atoms in total. The summed E-state index contributed by atoms with van der Waals surface area (Å²) in [5, 5.41) is 0. The zero-order chi connectivity index (χ0) is 12.0. The van der Waals surface area contributed by atoms with Gasteiger partial charge in [-0.2, -0.15) is 0 Å². The van der Waals surface area contributed by atoms with E-state index in [1.165, 1.54) is 5.56 Å². The number of nitrogens with zero attached hydrogens (tertiary/aromatic N) is 1. The summed E-state index contributed by atoms with van der Waals surface area (Å²) in [7, 11) is 3.82. The van der Waals surface area contributed by atoms with E-state index in [1.807, 2.05) is 25.1 Å². The predicted octanol–water partition coefficient (Wildman–Crippen LogP) is 1.86. The fraction of sp³-hybridized carbons (Fsp3) is 0.538. The van der Waals surface area contributed by atoms with E-state index in [-0.39, 0.29) is 6.04 Å². The molecule has 0 spiro atoms. The van der Waals surface area contributed by atoms with Gasteiger partial charge in [0.25, 0.3) is 0 Å². The van der Waals surface area contributed by atoms with Gasteiger partial charge in [0.2, 0.25) is 0 Å². The second kappa shape index (κ2) is 6.51. The fourth-order valence-electron chi connectivity index (χ4n) is 1.63. The van der Waals surface area contributed by atoms with Crippen LogP contribution in [0.4, 0.5) is 0 Å². The van der Waals surface area contributed by atoms with Crippen LogP contribution in [0, 0.1) is 0 Å². The Morgan fingerprint density at radius 2 is 2.06 bits per heavy atom. The number of para-hydroxylation sites is 1. The lowest BCUT2D eigenvalue weighted by atomic mass is 10.2. The summed E-state index contributed by atoms with van der Waals surface area (Å²) in [6, 6.07) is 8.39. The molecule has 0 aliphatic heterocycles. The van der Waals surface area contributed by atoms with Crippen molar-refractivity contribution in [2.24, 2.45) is 5.73 Å². The highest BCUT2D eigenvalue weighted by Crippen LogP contribution is 2.18. The standard InChI is InChI=1S/C13H22N2O/c1-11(14)8-9-15(2)10-12-6-4-5-7-13(12)16-3/h4-7,11H,8-10,14H2,1-3H3. The highest BCUT2D eigenvalue weighted by molar-refractivity contribution is 5.32. The van der Waals surface area contributed by atoms with Gasteiger partial charge >= 0.3 is 0 Å². The van der Waals surface area contributed by atoms with E-state index in [1.54, 1.807) is 7.11 Å². The molecule has 90 valence electrons. The molecule has 0 amide bonds. The Bertz CT molecular complexity index is 313. The number of methoxy groups -OCH3 is 1. The maximum atomic E-state index is 5.74. The first-order valence-corrected chi connectivity index (χ1v) is 5.69. The van der Waals surface area contributed by atoms with Gasteiger partial charge in [0.1, 0.15) is 5.75 Å². The van der Waals surface area contributed by atoms with Crippen LogP contribution in [0.25, 0.3) is 0 Å². The van der Waals surface area contributed by atoms with Gasteiger partial charge in [-0.25, -0.2) is 0 Å². The largest absolute Gasteiger partial charge is 0.496 e. The predicted molar refractivity (Wildman–Crippen MR) is 67.6 cm³/mol. The Hall–Kier alpha value is -1.06. The number of nitrogens with two attached hydrogens (primary N) is 1. The SMILES string of the molecule is COc1ccccc1CN(C)CCC(C)N. The third-order valence-corrected chi connectivity index (χ3v) is 2.60. The summed E-state index contributed by atoms with van der Waals surface area (Å²) in [4.78, 5) is 2.27. The Kier molecular flexibility index (Phi) is 5.29. The molecule has 1 aromatic rings. The van der Waals surface area contributed by atoms with Gasteiger partial charge < -0.3 is 15.4 Å². The number of rotatable bonds is 6. The van der Waals surface area contributed by atoms with Crippen LogP contribution in [0.15, 0.2) is 24.3 Å². The summed E-state index contributed by atoms with van der Waals surface area (Å²) in [5.74, 6) is 0.954. The Morgan fingerprint density at radius 1 is 1.38 bits per heavy atom. The van der Waals surface area contributed by atoms with Gasteiger partial charge in [-0.1, -0.05) is 18.2 Å². The second-order valence-corrected chi connectivity index (χ2v) is 4.32. The summed E-state index contributed by atoms with van der Waals surface area (Å²) < 4.78 is 5.32. The van der Waals surface area contributed by atoms with Gasteiger partial charge in [0, 0.05) is 18.2 Å². The lowest BCUT2D eigenvalue weighted by molar-refractivity contribution is 0.306. The number of hydrogen-bond donors (Lipinski definition) is 1. The number of benzene rings is 1. The van der Waals surface area contributed by atoms with Crippen molar-refractivity contribution in [2.75, 3.05) is 20.7 Å². The van der Waals surface area contributed by atoms with Gasteiger partial charge in [-0.15, -0.1) is 0 Å². The minimum Gasteiger partial charge on any atom is -0.496 e. The smallest absolute Gasteiger partial charge is 0.123 e. The van der Waals surface area contributed by atoms with Crippen molar-refractivity contribution in [3.8, 4) is 5.75 Å².